The molecule has 0 radical (unpaired) electrons. The standard InChI is InChI=1S/C21H27ClN2O2/c22-17-3-1-2-4-18(17)24-5-6-26-19(12-24)21(25)23-20-15-8-13-7-14(10-15)11-16(20)9-13/h1-4,13-16,19-20H,5-12H2,(H,23,25). The van der Waals surface area contributed by atoms with Crippen LogP contribution in [-0.4, -0.2) is 37.7 Å². The van der Waals surface area contributed by atoms with Gasteiger partial charge in [-0.25, -0.2) is 0 Å². The van der Waals surface area contributed by atoms with Crippen molar-refractivity contribution in [1.29, 1.82) is 0 Å². The molecule has 4 saturated carbocycles. The van der Waals surface area contributed by atoms with Crippen LogP contribution in [0.1, 0.15) is 32.1 Å². The minimum absolute atomic E-state index is 0.0687. The molecule has 1 saturated heterocycles. The second-order valence-electron chi connectivity index (χ2n) is 8.72. The average Bonchev–Trinajstić information content (AvgIpc) is 2.64. The summed E-state index contributed by atoms with van der Waals surface area (Å²) in [5, 5.41) is 4.13. The highest BCUT2D eigenvalue weighted by molar-refractivity contribution is 6.33. The molecule has 5 heteroatoms. The highest BCUT2D eigenvalue weighted by atomic mass is 35.5. The Bertz CT molecular complexity index is 666. The number of rotatable bonds is 3. The van der Waals surface area contributed by atoms with Gasteiger partial charge in [0.25, 0.3) is 5.91 Å². The number of carbonyl (C=O) groups is 1. The van der Waals surface area contributed by atoms with Crippen LogP contribution in [0.15, 0.2) is 24.3 Å². The fourth-order valence-corrected chi connectivity index (χ4v) is 6.41. The monoisotopic (exact) mass is 374 g/mol. The molecule has 4 aliphatic carbocycles. The first kappa shape index (κ1) is 16.9. The summed E-state index contributed by atoms with van der Waals surface area (Å²) in [7, 11) is 0. The van der Waals surface area contributed by atoms with Crippen LogP contribution >= 0.6 is 11.6 Å². The van der Waals surface area contributed by atoms with Gasteiger partial charge in [0.1, 0.15) is 0 Å². The van der Waals surface area contributed by atoms with Crippen molar-refractivity contribution in [2.24, 2.45) is 23.7 Å². The maximum absolute atomic E-state index is 13.0. The first-order chi connectivity index (χ1) is 12.7. The molecule has 26 heavy (non-hydrogen) atoms. The van der Waals surface area contributed by atoms with Crippen LogP contribution in [0.2, 0.25) is 5.02 Å². The zero-order chi connectivity index (χ0) is 17.7. The van der Waals surface area contributed by atoms with Crippen molar-refractivity contribution in [1.82, 2.24) is 5.32 Å². The topological polar surface area (TPSA) is 41.6 Å². The van der Waals surface area contributed by atoms with Crippen LogP contribution in [-0.2, 0) is 9.53 Å². The molecule has 4 bridgehead atoms. The number of hydrogen-bond donors (Lipinski definition) is 1. The summed E-state index contributed by atoms with van der Waals surface area (Å²) in [5.41, 5.74) is 0.991. The van der Waals surface area contributed by atoms with Crippen LogP contribution in [0.3, 0.4) is 0 Å². The van der Waals surface area contributed by atoms with E-state index in [1.807, 2.05) is 24.3 Å². The van der Waals surface area contributed by atoms with Crippen LogP contribution in [0.25, 0.3) is 0 Å². The molecule has 1 atom stereocenters. The lowest BCUT2D eigenvalue weighted by atomic mass is 9.54. The Hall–Kier alpha value is -1.26. The van der Waals surface area contributed by atoms with Gasteiger partial charge in [-0.3, -0.25) is 4.79 Å². The predicted molar refractivity (Wildman–Crippen MR) is 102 cm³/mol. The summed E-state index contributed by atoms with van der Waals surface area (Å²) < 4.78 is 5.83. The number of morpholine rings is 1. The fraction of sp³-hybridized carbons (Fsp3) is 0.667. The van der Waals surface area contributed by atoms with E-state index in [9.17, 15) is 4.79 Å². The van der Waals surface area contributed by atoms with E-state index in [0.717, 1.165) is 29.1 Å². The summed E-state index contributed by atoms with van der Waals surface area (Å²) in [6.45, 7) is 1.90. The molecular formula is C21H27ClN2O2. The van der Waals surface area contributed by atoms with Gasteiger partial charge in [-0.1, -0.05) is 23.7 Å². The van der Waals surface area contributed by atoms with E-state index in [1.54, 1.807) is 0 Å². The molecule has 6 rings (SSSR count). The summed E-state index contributed by atoms with van der Waals surface area (Å²) in [5.74, 6) is 3.30. The molecule has 1 aromatic rings. The predicted octanol–water partition coefficient (Wildman–Crippen LogP) is 3.49. The molecule has 0 aromatic heterocycles. The van der Waals surface area contributed by atoms with Crippen molar-refractivity contribution >= 4 is 23.2 Å². The van der Waals surface area contributed by atoms with E-state index in [2.05, 4.69) is 10.2 Å². The third-order valence-corrected chi connectivity index (χ3v) is 7.41. The number of hydrogen-bond acceptors (Lipinski definition) is 3. The molecule has 5 aliphatic rings. The summed E-state index contributed by atoms with van der Waals surface area (Å²) in [6.07, 6.45) is 6.29. The molecule has 1 aliphatic heterocycles. The van der Waals surface area contributed by atoms with E-state index in [4.69, 9.17) is 16.3 Å². The number of ether oxygens (including phenoxy) is 1. The van der Waals surface area contributed by atoms with Gasteiger partial charge in [-0.15, -0.1) is 0 Å². The van der Waals surface area contributed by atoms with Crippen LogP contribution in [0.4, 0.5) is 5.69 Å². The molecule has 0 spiro atoms. The van der Waals surface area contributed by atoms with Crippen LogP contribution in [0, 0.1) is 23.7 Å². The Morgan fingerprint density at radius 1 is 1.08 bits per heavy atom. The van der Waals surface area contributed by atoms with Crippen molar-refractivity contribution < 1.29 is 9.53 Å². The molecule has 4 nitrogen and oxygen atoms in total. The lowest BCUT2D eigenvalue weighted by Crippen LogP contribution is -2.59. The van der Waals surface area contributed by atoms with Gasteiger partial charge in [0.15, 0.2) is 6.10 Å². The quantitative estimate of drug-likeness (QED) is 0.880. The minimum Gasteiger partial charge on any atom is -0.365 e. The van der Waals surface area contributed by atoms with Crippen molar-refractivity contribution in [3.05, 3.63) is 29.3 Å². The Kier molecular flexibility index (Phi) is 4.36. The number of amides is 1. The lowest BCUT2D eigenvalue weighted by molar-refractivity contribution is -0.137. The van der Waals surface area contributed by atoms with Gasteiger partial charge in [0.05, 0.1) is 23.9 Å². The lowest BCUT2D eigenvalue weighted by Gasteiger charge is -2.54. The molecule has 1 unspecified atom stereocenters. The second-order valence-corrected chi connectivity index (χ2v) is 9.13. The molecule has 1 aromatic carbocycles. The summed E-state index contributed by atoms with van der Waals surface area (Å²) >= 11 is 6.34. The van der Waals surface area contributed by atoms with Gasteiger partial charge in [-0.05, 0) is 67.9 Å². The van der Waals surface area contributed by atoms with Crippen molar-refractivity contribution in [3.63, 3.8) is 0 Å². The number of para-hydroxylation sites is 1. The molecule has 1 heterocycles. The van der Waals surface area contributed by atoms with Crippen molar-refractivity contribution in [2.45, 2.75) is 44.2 Å². The van der Waals surface area contributed by atoms with Crippen molar-refractivity contribution in [3.8, 4) is 0 Å². The number of anilines is 1. The Balaban J connectivity index is 1.25. The zero-order valence-corrected chi connectivity index (χ0v) is 15.8. The average molecular weight is 375 g/mol. The fourth-order valence-electron chi connectivity index (χ4n) is 6.15. The van der Waals surface area contributed by atoms with Gasteiger partial charge in [0.2, 0.25) is 0 Å². The molecule has 5 fully saturated rings. The van der Waals surface area contributed by atoms with Gasteiger partial charge in [-0.2, -0.15) is 0 Å². The largest absolute Gasteiger partial charge is 0.365 e. The maximum atomic E-state index is 13.0. The number of benzene rings is 1. The molecule has 1 N–H and O–H groups in total. The summed E-state index contributed by atoms with van der Waals surface area (Å²) in [6, 6.07) is 8.20. The number of halogens is 1. The SMILES string of the molecule is O=C(NC1C2CC3CC(C2)CC1C3)C1CN(c2ccccc2Cl)CCO1. The molecule has 140 valence electrons. The number of nitrogens with zero attached hydrogens (tertiary/aromatic N) is 1. The highest BCUT2D eigenvalue weighted by Gasteiger charge is 2.49. The van der Waals surface area contributed by atoms with Crippen molar-refractivity contribution in [2.75, 3.05) is 24.6 Å². The maximum Gasteiger partial charge on any atom is 0.251 e. The molecular weight excluding hydrogens is 348 g/mol. The minimum atomic E-state index is -0.405. The van der Waals surface area contributed by atoms with E-state index in [-0.39, 0.29) is 5.91 Å². The molecule has 1 amide bonds. The van der Waals surface area contributed by atoms with E-state index < -0.39 is 6.10 Å². The highest BCUT2D eigenvalue weighted by Crippen LogP contribution is 2.53. The van der Waals surface area contributed by atoms with E-state index in [0.29, 0.717) is 31.0 Å². The van der Waals surface area contributed by atoms with Gasteiger partial charge < -0.3 is 15.0 Å². The smallest absolute Gasteiger partial charge is 0.251 e. The Morgan fingerprint density at radius 3 is 2.46 bits per heavy atom. The normalized spacial score (nSPS) is 38.4. The Labute approximate surface area is 160 Å². The third-order valence-electron chi connectivity index (χ3n) is 7.09. The first-order valence-electron chi connectivity index (χ1n) is 10.1. The van der Waals surface area contributed by atoms with Gasteiger partial charge in [0, 0.05) is 12.6 Å². The van der Waals surface area contributed by atoms with Crippen LogP contribution < -0.4 is 10.2 Å². The Morgan fingerprint density at radius 2 is 1.77 bits per heavy atom. The zero-order valence-electron chi connectivity index (χ0n) is 15.1. The van der Waals surface area contributed by atoms with E-state index >= 15 is 0 Å². The van der Waals surface area contributed by atoms with Gasteiger partial charge >= 0.3 is 0 Å². The third kappa shape index (κ3) is 3.01. The first-order valence-corrected chi connectivity index (χ1v) is 10.5. The number of nitrogens with one attached hydrogen (secondary N) is 1. The van der Waals surface area contributed by atoms with E-state index in [1.165, 1.54) is 32.1 Å². The number of carbonyl (C=O) groups excluding carboxylic acids is 1. The second kappa shape index (κ2) is 6.72. The summed E-state index contributed by atoms with van der Waals surface area (Å²) in [4.78, 5) is 15.1. The van der Waals surface area contributed by atoms with Crippen LogP contribution in [0.5, 0.6) is 0 Å².